The maximum absolute atomic E-state index is 12.5. The lowest BCUT2D eigenvalue weighted by molar-refractivity contribution is 0.0867. The van der Waals surface area contributed by atoms with Crippen molar-refractivity contribution in [2.75, 3.05) is 13.1 Å². The van der Waals surface area contributed by atoms with E-state index in [1.807, 2.05) is 61.5 Å². The van der Waals surface area contributed by atoms with Crippen molar-refractivity contribution in [1.82, 2.24) is 4.90 Å². The minimum Gasteiger partial charge on any atom is -0.489 e. The van der Waals surface area contributed by atoms with Crippen molar-refractivity contribution in [2.45, 2.75) is 32.4 Å². The van der Waals surface area contributed by atoms with E-state index in [1.165, 1.54) is 12.8 Å². The number of rotatable bonds is 6. The molecule has 1 aliphatic heterocycles. The molecule has 0 aromatic heterocycles. The van der Waals surface area contributed by atoms with E-state index in [0.29, 0.717) is 6.61 Å². The van der Waals surface area contributed by atoms with E-state index in [1.54, 1.807) is 0 Å². The fourth-order valence-electron chi connectivity index (χ4n) is 2.99. The molecule has 0 N–H and O–H groups in total. The minimum absolute atomic E-state index is 0.0337. The van der Waals surface area contributed by atoms with E-state index in [4.69, 9.17) is 4.74 Å². The molecule has 2 aromatic carbocycles. The zero-order chi connectivity index (χ0) is 16.1. The number of benzene rings is 2. The highest BCUT2D eigenvalue weighted by Gasteiger charge is 2.24. The first kappa shape index (κ1) is 15.8. The van der Waals surface area contributed by atoms with Crippen LogP contribution >= 0.6 is 0 Å². The van der Waals surface area contributed by atoms with Crippen LogP contribution in [0.15, 0.2) is 54.6 Å². The maximum Gasteiger partial charge on any atom is 0.179 e. The van der Waals surface area contributed by atoms with Gasteiger partial charge in [0.25, 0.3) is 0 Å². The molecule has 1 heterocycles. The zero-order valence-electron chi connectivity index (χ0n) is 13.6. The Balaban J connectivity index is 1.59. The molecule has 0 saturated carbocycles. The summed E-state index contributed by atoms with van der Waals surface area (Å²) >= 11 is 0. The molecule has 0 radical (unpaired) electrons. The van der Waals surface area contributed by atoms with E-state index in [9.17, 15) is 4.79 Å². The summed E-state index contributed by atoms with van der Waals surface area (Å²) in [5.41, 5.74) is 1.90. The lowest BCUT2D eigenvalue weighted by Gasteiger charge is -2.22. The van der Waals surface area contributed by atoms with Crippen molar-refractivity contribution in [3.63, 3.8) is 0 Å². The van der Waals surface area contributed by atoms with E-state index < -0.39 is 0 Å². The van der Waals surface area contributed by atoms with Gasteiger partial charge in [-0.1, -0.05) is 30.3 Å². The standard InChI is InChI=1S/C20H23NO2/c1-16(21-13-5-6-14-21)20(22)18-9-11-19(12-10-18)23-15-17-7-3-2-4-8-17/h2-4,7-12,16H,5-6,13-15H2,1H3. The Morgan fingerprint density at radius 1 is 1.04 bits per heavy atom. The maximum atomic E-state index is 12.5. The third-order valence-corrected chi connectivity index (χ3v) is 4.45. The monoisotopic (exact) mass is 309 g/mol. The second kappa shape index (κ2) is 7.42. The van der Waals surface area contributed by atoms with Crippen molar-refractivity contribution in [1.29, 1.82) is 0 Å². The number of hydrogen-bond acceptors (Lipinski definition) is 3. The molecule has 0 bridgehead atoms. The van der Waals surface area contributed by atoms with Gasteiger partial charge in [-0.2, -0.15) is 0 Å². The van der Waals surface area contributed by atoms with E-state index in [2.05, 4.69) is 4.90 Å². The molecule has 2 aromatic rings. The van der Waals surface area contributed by atoms with Crippen molar-refractivity contribution in [3.8, 4) is 5.75 Å². The Labute approximate surface area is 137 Å². The summed E-state index contributed by atoms with van der Waals surface area (Å²) in [6.45, 7) is 4.61. The lowest BCUT2D eigenvalue weighted by atomic mass is 10.0. The molecule has 0 spiro atoms. The molecule has 23 heavy (non-hydrogen) atoms. The molecule has 1 fully saturated rings. The van der Waals surface area contributed by atoms with Gasteiger partial charge in [-0.15, -0.1) is 0 Å². The highest BCUT2D eigenvalue weighted by molar-refractivity contribution is 5.99. The highest BCUT2D eigenvalue weighted by Crippen LogP contribution is 2.18. The Kier molecular flexibility index (Phi) is 5.09. The van der Waals surface area contributed by atoms with Crippen molar-refractivity contribution >= 4 is 5.78 Å². The Morgan fingerprint density at radius 2 is 1.70 bits per heavy atom. The van der Waals surface area contributed by atoms with Crippen LogP contribution in [0.5, 0.6) is 5.75 Å². The van der Waals surface area contributed by atoms with Gasteiger partial charge in [0.05, 0.1) is 6.04 Å². The van der Waals surface area contributed by atoms with Gasteiger partial charge in [-0.25, -0.2) is 0 Å². The highest BCUT2D eigenvalue weighted by atomic mass is 16.5. The molecule has 1 unspecified atom stereocenters. The second-order valence-corrected chi connectivity index (χ2v) is 6.08. The van der Waals surface area contributed by atoms with Crippen LogP contribution in [0.3, 0.4) is 0 Å². The Hall–Kier alpha value is -2.13. The number of ketones is 1. The molecular formula is C20H23NO2. The third-order valence-electron chi connectivity index (χ3n) is 4.45. The fourth-order valence-corrected chi connectivity index (χ4v) is 2.99. The molecule has 0 aliphatic carbocycles. The molecule has 3 heteroatoms. The summed E-state index contributed by atoms with van der Waals surface area (Å²) in [6.07, 6.45) is 2.40. The van der Waals surface area contributed by atoms with Crippen LogP contribution in [-0.2, 0) is 6.61 Å². The average Bonchev–Trinajstić information content (AvgIpc) is 3.15. The summed E-state index contributed by atoms with van der Waals surface area (Å²) in [7, 11) is 0. The molecule has 1 saturated heterocycles. The molecule has 3 rings (SSSR count). The Morgan fingerprint density at radius 3 is 2.35 bits per heavy atom. The van der Waals surface area contributed by atoms with Gasteiger partial charge < -0.3 is 4.74 Å². The predicted molar refractivity (Wildman–Crippen MR) is 91.8 cm³/mol. The number of carbonyl (C=O) groups excluding carboxylic acids is 1. The first-order valence-corrected chi connectivity index (χ1v) is 8.29. The van der Waals surface area contributed by atoms with Gasteiger partial charge in [0.1, 0.15) is 12.4 Å². The normalized spacial score (nSPS) is 16.2. The SMILES string of the molecule is CC(C(=O)c1ccc(OCc2ccccc2)cc1)N1CCCC1. The van der Waals surface area contributed by atoms with E-state index in [0.717, 1.165) is 30.0 Å². The average molecular weight is 309 g/mol. The molecule has 1 aliphatic rings. The number of nitrogens with zero attached hydrogens (tertiary/aromatic N) is 1. The first-order chi connectivity index (χ1) is 11.2. The van der Waals surface area contributed by atoms with Crippen molar-refractivity contribution < 1.29 is 9.53 Å². The fraction of sp³-hybridized carbons (Fsp3) is 0.350. The number of ether oxygens (including phenoxy) is 1. The lowest BCUT2D eigenvalue weighted by Crippen LogP contribution is -2.36. The number of hydrogen-bond donors (Lipinski definition) is 0. The van der Waals surface area contributed by atoms with Crippen LogP contribution in [0.25, 0.3) is 0 Å². The second-order valence-electron chi connectivity index (χ2n) is 6.08. The number of Topliss-reactive ketones (excluding diaryl/α,β-unsaturated/α-hetero) is 1. The van der Waals surface area contributed by atoms with Gasteiger partial charge in [0.2, 0.25) is 0 Å². The Bertz CT molecular complexity index is 630. The first-order valence-electron chi connectivity index (χ1n) is 8.29. The molecule has 120 valence electrons. The topological polar surface area (TPSA) is 29.5 Å². The molecule has 3 nitrogen and oxygen atoms in total. The summed E-state index contributed by atoms with van der Waals surface area (Å²) in [5, 5.41) is 0. The quantitative estimate of drug-likeness (QED) is 0.757. The van der Waals surface area contributed by atoms with Gasteiger partial charge in [-0.05, 0) is 62.7 Å². The summed E-state index contributed by atoms with van der Waals surface area (Å²) < 4.78 is 5.77. The van der Waals surface area contributed by atoms with Crippen molar-refractivity contribution in [3.05, 3.63) is 65.7 Å². The van der Waals surface area contributed by atoms with Gasteiger partial charge >= 0.3 is 0 Å². The van der Waals surface area contributed by atoms with E-state index >= 15 is 0 Å². The van der Waals surface area contributed by atoms with E-state index in [-0.39, 0.29) is 11.8 Å². The van der Waals surface area contributed by atoms with Crippen molar-refractivity contribution in [2.24, 2.45) is 0 Å². The zero-order valence-corrected chi connectivity index (χ0v) is 13.6. The summed E-state index contributed by atoms with van der Waals surface area (Å²) in [4.78, 5) is 14.8. The summed E-state index contributed by atoms with van der Waals surface area (Å²) in [5.74, 6) is 0.987. The molecular weight excluding hydrogens is 286 g/mol. The largest absolute Gasteiger partial charge is 0.489 e. The van der Waals surface area contributed by atoms with Crippen LogP contribution in [0.1, 0.15) is 35.7 Å². The smallest absolute Gasteiger partial charge is 0.179 e. The number of carbonyl (C=O) groups is 1. The van der Waals surface area contributed by atoms with Crippen LogP contribution in [-0.4, -0.2) is 29.8 Å². The van der Waals surface area contributed by atoms with Gasteiger partial charge in [-0.3, -0.25) is 9.69 Å². The van der Waals surface area contributed by atoms with Gasteiger partial charge in [0, 0.05) is 5.56 Å². The van der Waals surface area contributed by atoms with Gasteiger partial charge in [0.15, 0.2) is 5.78 Å². The van der Waals surface area contributed by atoms with Crippen LogP contribution in [0, 0.1) is 0 Å². The number of likely N-dealkylation sites (tertiary alicyclic amines) is 1. The third kappa shape index (κ3) is 3.99. The summed E-state index contributed by atoms with van der Waals surface area (Å²) in [6, 6.07) is 17.5. The van der Waals surface area contributed by atoms with Crippen LogP contribution < -0.4 is 4.74 Å². The van der Waals surface area contributed by atoms with Crippen LogP contribution in [0.4, 0.5) is 0 Å². The molecule has 1 atom stereocenters. The predicted octanol–water partition coefficient (Wildman–Crippen LogP) is 3.93. The minimum atomic E-state index is -0.0337. The van der Waals surface area contributed by atoms with Crippen LogP contribution in [0.2, 0.25) is 0 Å². The molecule has 0 amide bonds.